The maximum absolute atomic E-state index is 12.9. The zero-order valence-electron chi connectivity index (χ0n) is 18.0. The molecule has 0 spiro atoms. The standard InChI is InChI=1S/C23H23ClN6O2S/c1-13(21(31)25-14-10-11-18-19(12-14)27-22(32)26-18)33-23-29-28-20(16-8-4-5-9-17(16)24)30(23)15-6-2-3-7-15/h4-5,8-13,15H,2-3,6-7H2,1H3,(H,25,31)(H2,26,27,32)/t13-/m1/s1. The first-order chi connectivity index (χ1) is 16.0. The molecule has 4 aromatic rings. The number of carbonyl (C=O) groups is 1. The molecule has 170 valence electrons. The van der Waals surface area contributed by atoms with E-state index < -0.39 is 5.25 Å². The van der Waals surface area contributed by atoms with Gasteiger partial charge in [-0.15, -0.1) is 10.2 Å². The molecule has 1 saturated carbocycles. The third kappa shape index (κ3) is 4.43. The Bertz CT molecular complexity index is 1370. The molecule has 0 unspecified atom stereocenters. The van der Waals surface area contributed by atoms with E-state index in [0.29, 0.717) is 26.9 Å². The second-order valence-corrected chi connectivity index (χ2v) is 9.90. The Labute approximate surface area is 199 Å². The first kappa shape index (κ1) is 21.8. The summed E-state index contributed by atoms with van der Waals surface area (Å²) in [7, 11) is 0. The van der Waals surface area contributed by atoms with E-state index in [4.69, 9.17) is 11.6 Å². The number of carbonyl (C=O) groups excluding carboxylic acids is 1. The van der Waals surface area contributed by atoms with Gasteiger partial charge in [-0.05, 0) is 50.1 Å². The number of amides is 1. The fourth-order valence-electron chi connectivity index (χ4n) is 4.24. The Kier molecular flexibility index (Phi) is 5.99. The second kappa shape index (κ2) is 9.07. The number of H-pyrrole nitrogens is 2. The molecule has 0 saturated heterocycles. The van der Waals surface area contributed by atoms with E-state index in [9.17, 15) is 9.59 Å². The van der Waals surface area contributed by atoms with E-state index in [1.165, 1.54) is 11.8 Å². The summed E-state index contributed by atoms with van der Waals surface area (Å²) < 4.78 is 2.15. The summed E-state index contributed by atoms with van der Waals surface area (Å²) >= 11 is 7.84. The molecule has 2 heterocycles. The van der Waals surface area contributed by atoms with Gasteiger partial charge in [-0.25, -0.2) is 4.79 Å². The summed E-state index contributed by atoms with van der Waals surface area (Å²) in [6, 6.07) is 13.2. The summed E-state index contributed by atoms with van der Waals surface area (Å²) in [5.41, 5.74) is 2.51. The Morgan fingerprint density at radius 3 is 2.70 bits per heavy atom. The smallest absolute Gasteiger partial charge is 0.323 e. The molecule has 1 fully saturated rings. The molecule has 0 aliphatic heterocycles. The number of halogens is 1. The molecule has 1 aliphatic carbocycles. The van der Waals surface area contributed by atoms with Gasteiger partial charge in [0.15, 0.2) is 11.0 Å². The number of hydrogen-bond acceptors (Lipinski definition) is 5. The molecular formula is C23H23ClN6O2S. The summed E-state index contributed by atoms with van der Waals surface area (Å²) in [6.45, 7) is 1.85. The number of imidazole rings is 1. The third-order valence-electron chi connectivity index (χ3n) is 5.90. The molecule has 2 aromatic heterocycles. The molecule has 0 radical (unpaired) electrons. The van der Waals surface area contributed by atoms with Crippen molar-refractivity contribution in [1.82, 2.24) is 24.7 Å². The van der Waals surface area contributed by atoms with Crippen molar-refractivity contribution < 1.29 is 4.79 Å². The molecule has 8 nitrogen and oxygen atoms in total. The molecule has 1 amide bonds. The van der Waals surface area contributed by atoms with Crippen molar-refractivity contribution in [3.8, 4) is 11.4 Å². The first-order valence-electron chi connectivity index (χ1n) is 10.9. The van der Waals surface area contributed by atoms with E-state index in [1.807, 2.05) is 31.2 Å². The average Bonchev–Trinajstić information content (AvgIpc) is 3.53. The number of fused-ring (bicyclic) bond motifs is 1. The van der Waals surface area contributed by atoms with Crippen molar-refractivity contribution in [2.75, 3.05) is 5.32 Å². The van der Waals surface area contributed by atoms with Crippen LogP contribution in [0.4, 0.5) is 5.69 Å². The Morgan fingerprint density at radius 1 is 1.15 bits per heavy atom. The van der Waals surface area contributed by atoms with Crippen molar-refractivity contribution in [3.05, 3.63) is 58.0 Å². The minimum absolute atomic E-state index is 0.155. The average molecular weight is 483 g/mol. The minimum atomic E-state index is -0.408. The molecule has 5 rings (SSSR count). The molecule has 33 heavy (non-hydrogen) atoms. The van der Waals surface area contributed by atoms with Crippen LogP contribution in [0.1, 0.15) is 38.6 Å². The van der Waals surface area contributed by atoms with Crippen LogP contribution in [0, 0.1) is 0 Å². The fraction of sp³-hybridized carbons (Fsp3) is 0.304. The molecule has 3 N–H and O–H groups in total. The number of rotatable bonds is 6. The van der Waals surface area contributed by atoms with Crippen LogP contribution in [0.25, 0.3) is 22.4 Å². The van der Waals surface area contributed by atoms with Crippen LogP contribution >= 0.6 is 23.4 Å². The quantitative estimate of drug-likeness (QED) is 0.335. The molecule has 2 aromatic carbocycles. The zero-order chi connectivity index (χ0) is 22.9. The maximum atomic E-state index is 12.9. The van der Waals surface area contributed by atoms with Gasteiger partial charge in [-0.1, -0.05) is 48.3 Å². The van der Waals surface area contributed by atoms with Gasteiger partial charge in [-0.3, -0.25) is 9.36 Å². The molecule has 1 aliphatic rings. The highest BCUT2D eigenvalue weighted by Crippen LogP contribution is 2.39. The van der Waals surface area contributed by atoms with Gasteiger partial charge in [-0.2, -0.15) is 0 Å². The summed E-state index contributed by atoms with van der Waals surface area (Å²) in [5.74, 6) is 0.585. The largest absolute Gasteiger partial charge is 0.325 e. The highest BCUT2D eigenvalue weighted by atomic mass is 35.5. The van der Waals surface area contributed by atoms with Crippen LogP contribution in [0.3, 0.4) is 0 Å². The molecule has 0 bridgehead atoms. The lowest BCUT2D eigenvalue weighted by Crippen LogP contribution is -2.23. The van der Waals surface area contributed by atoms with Crippen molar-refractivity contribution in [2.24, 2.45) is 0 Å². The predicted octanol–water partition coefficient (Wildman–Crippen LogP) is 5.00. The predicted molar refractivity (Wildman–Crippen MR) is 131 cm³/mol. The van der Waals surface area contributed by atoms with E-state index in [0.717, 1.165) is 37.1 Å². The number of nitrogens with zero attached hydrogens (tertiary/aromatic N) is 3. The van der Waals surface area contributed by atoms with E-state index >= 15 is 0 Å². The van der Waals surface area contributed by atoms with Gasteiger partial charge >= 0.3 is 5.69 Å². The summed E-state index contributed by atoms with van der Waals surface area (Å²) in [4.78, 5) is 29.8. The van der Waals surface area contributed by atoms with Gasteiger partial charge in [0.1, 0.15) is 0 Å². The second-order valence-electron chi connectivity index (χ2n) is 8.18. The van der Waals surface area contributed by atoms with Crippen LogP contribution < -0.4 is 11.0 Å². The lowest BCUT2D eigenvalue weighted by atomic mass is 10.2. The van der Waals surface area contributed by atoms with Gasteiger partial charge in [0.2, 0.25) is 5.91 Å². The summed E-state index contributed by atoms with van der Waals surface area (Å²) in [5, 5.41) is 12.8. The Hall–Kier alpha value is -3.04. The number of nitrogens with one attached hydrogen (secondary N) is 3. The third-order valence-corrected chi connectivity index (χ3v) is 7.29. The van der Waals surface area contributed by atoms with Crippen LogP contribution in [-0.4, -0.2) is 35.9 Å². The number of anilines is 1. The minimum Gasteiger partial charge on any atom is -0.325 e. The fourth-order valence-corrected chi connectivity index (χ4v) is 5.38. The normalized spacial score (nSPS) is 15.2. The lowest BCUT2D eigenvalue weighted by Gasteiger charge is -2.19. The molecular weight excluding hydrogens is 460 g/mol. The van der Waals surface area contributed by atoms with Gasteiger partial charge in [0.05, 0.1) is 21.3 Å². The van der Waals surface area contributed by atoms with E-state index in [1.54, 1.807) is 18.2 Å². The van der Waals surface area contributed by atoms with Gasteiger partial charge < -0.3 is 15.3 Å². The lowest BCUT2D eigenvalue weighted by molar-refractivity contribution is -0.115. The van der Waals surface area contributed by atoms with Crippen molar-refractivity contribution in [3.63, 3.8) is 0 Å². The highest BCUT2D eigenvalue weighted by Gasteiger charge is 2.28. The number of benzene rings is 2. The number of thioether (sulfide) groups is 1. The number of hydrogen-bond donors (Lipinski definition) is 3. The Morgan fingerprint density at radius 2 is 1.91 bits per heavy atom. The van der Waals surface area contributed by atoms with E-state index in [2.05, 4.69) is 30.0 Å². The maximum Gasteiger partial charge on any atom is 0.323 e. The van der Waals surface area contributed by atoms with Crippen molar-refractivity contribution in [1.29, 1.82) is 0 Å². The monoisotopic (exact) mass is 482 g/mol. The Balaban J connectivity index is 1.39. The van der Waals surface area contributed by atoms with Crippen molar-refractivity contribution in [2.45, 2.75) is 49.1 Å². The van der Waals surface area contributed by atoms with Crippen LogP contribution in [0.2, 0.25) is 5.02 Å². The summed E-state index contributed by atoms with van der Waals surface area (Å²) in [6.07, 6.45) is 4.43. The van der Waals surface area contributed by atoms with Gasteiger partial charge in [0.25, 0.3) is 0 Å². The van der Waals surface area contributed by atoms with Crippen LogP contribution in [0.15, 0.2) is 52.4 Å². The topological polar surface area (TPSA) is 108 Å². The highest BCUT2D eigenvalue weighted by molar-refractivity contribution is 8.00. The first-order valence-corrected chi connectivity index (χ1v) is 12.1. The number of aromatic amines is 2. The van der Waals surface area contributed by atoms with Crippen LogP contribution in [-0.2, 0) is 4.79 Å². The molecule has 10 heteroatoms. The molecule has 1 atom stereocenters. The van der Waals surface area contributed by atoms with Crippen LogP contribution in [0.5, 0.6) is 0 Å². The SMILES string of the molecule is C[C@@H](Sc1nnc(-c2ccccc2Cl)n1C1CCCC1)C(=O)Nc1ccc2[nH]c(=O)[nH]c2c1. The van der Waals surface area contributed by atoms with Gasteiger partial charge in [0, 0.05) is 17.3 Å². The van der Waals surface area contributed by atoms with E-state index in [-0.39, 0.29) is 17.6 Å². The van der Waals surface area contributed by atoms with Crippen molar-refractivity contribution >= 4 is 46.0 Å². The number of aromatic nitrogens is 5. The zero-order valence-corrected chi connectivity index (χ0v) is 19.5.